The van der Waals surface area contributed by atoms with Crippen molar-refractivity contribution in [2.24, 2.45) is 0 Å². The van der Waals surface area contributed by atoms with Gasteiger partial charge in [0.2, 0.25) is 15.9 Å². The van der Waals surface area contributed by atoms with E-state index in [1.54, 1.807) is 31.4 Å². The van der Waals surface area contributed by atoms with Gasteiger partial charge < -0.3 is 10.1 Å². The number of benzene rings is 1. The van der Waals surface area contributed by atoms with Gasteiger partial charge in [-0.3, -0.25) is 9.10 Å². The third-order valence-corrected chi connectivity index (χ3v) is 4.54. The van der Waals surface area contributed by atoms with Crippen LogP contribution in [0.4, 0.5) is 5.69 Å². The summed E-state index contributed by atoms with van der Waals surface area (Å²) in [7, 11) is -1.82. The Balaban J connectivity index is 2.52. The van der Waals surface area contributed by atoms with Gasteiger partial charge in [0.1, 0.15) is 0 Å². The number of methoxy groups -OCH3 is 1. The Morgan fingerprint density at radius 2 is 2.09 bits per heavy atom. The Morgan fingerprint density at radius 3 is 2.70 bits per heavy atom. The van der Waals surface area contributed by atoms with Gasteiger partial charge in [-0.25, -0.2) is 8.42 Å². The van der Waals surface area contributed by atoms with Gasteiger partial charge >= 0.3 is 0 Å². The van der Waals surface area contributed by atoms with Crippen LogP contribution in [-0.4, -0.2) is 47.4 Å². The van der Waals surface area contributed by atoms with Crippen molar-refractivity contribution in [3.8, 4) is 0 Å². The highest BCUT2D eigenvalue weighted by molar-refractivity contribution is 7.92. The smallest absolute Gasteiger partial charge is 0.232 e. The topological polar surface area (TPSA) is 75.7 Å². The van der Waals surface area contributed by atoms with Crippen molar-refractivity contribution in [3.05, 3.63) is 29.3 Å². The number of rotatable bonds is 10. The van der Waals surface area contributed by atoms with E-state index in [9.17, 15) is 13.2 Å². The first-order valence-corrected chi connectivity index (χ1v) is 9.56. The van der Waals surface area contributed by atoms with Crippen molar-refractivity contribution in [2.75, 3.05) is 37.4 Å². The Hall–Kier alpha value is -1.31. The zero-order chi connectivity index (χ0) is 17.3. The fourth-order valence-corrected chi connectivity index (χ4v) is 3.18. The number of carbonyl (C=O) groups is 1. The minimum atomic E-state index is -3.43. The second kappa shape index (κ2) is 9.75. The van der Waals surface area contributed by atoms with E-state index in [0.29, 0.717) is 30.3 Å². The van der Waals surface area contributed by atoms with Crippen LogP contribution in [0.1, 0.15) is 19.3 Å². The molecule has 8 heteroatoms. The summed E-state index contributed by atoms with van der Waals surface area (Å²) in [5.74, 6) is -0.0966. The van der Waals surface area contributed by atoms with E-state index in [4.69, 9.17) is 16.3 Å². The average Bonchev–Trinajstić information content (AvgIpc) is 2.47. The minimum absolute atomic E-state index is 0.0966. The predicted molar refractivity (Wildman–Crippen MR) is 92.4 cm³/mol. The van der Waals surface area contributed by atoms with E-state index >= 15 is 0 Å². The van der Waals surface area contributed by atoms with E-state index in [-0.39, 0.29) is 18.9 Å². The molecule has 0 fully saturated rings. The maximum absolute atomic E-state index is 11.9. The third kappa shape index (κ3) is 7.67. The van der Waals surface area contributed by atoms with Gasteiger partial charge in [-0.1, -0.05) is 17.7 Å². The van der Waals surface area contributed by atoms with E-state index in [2.05, 4.69) is 5.32 Å². The fraction of sp³-hybridized carbons (Fsp3) is 0.533. The molecule has 0 aromatic heterocycles. The van der Waals surface area contributed by atoms with Crippen LogP contribution in [0, 0.1) is 0 Å². The molecule has 0 aliphatic rings. The van der Waals surface area contributed by atoms with E-state index < -0.39 is 10.0 Å². The van der Waals surface area contributed by atoms with Gasteiger partial charge in [0.25, 0.3) is 0 Å². The quantitative estimate of drug-likeness (QED) is 0.646. The van der Waals surface area contributed by atoms with Gasteiger partial charge in [-0.15, -0.1) is 0 Å². The number of nitrogens with zero attached hydrogens (tertiary/aromatic N) is 1. The molecule has 1 amide bonds. The zero-order valence-electron chi connectivity index (χ0n) is 13.4. The fourth-order valence-electron chi connectivity index (χ4n) is 2.03. The van der Waals surface area contributed by atoms with Crippen molar-refractivity contribution in [3.63, 3.8) is 0 Å². The molecule has 0 bridgehead atoms. The molecule has 0 saturated carbocycles. The molecule has 6 nitrogen and oxygen atoms in total. The minimum Gasteiger partial charge on any atom is -0.385 e. The largest absolute Gasteiger partial charge is 0.385 e. The molecular formula is C15H23ClN2O4S. The predicted octanol–water partition coefficient (Wildman–Crippen LogP) is 2.04. The summed E-state index contributed by atoms with van der Waals surface area (Å²) in [6, 6.07) is 6.64. The third-order valence-electron chi connectivity index (χ3n) is 3.11. The van der Waals surface area contributed by atoms with E-state index in [1.165, 1.54) is 4.31 Å². The van der Waals surface area contributed by atoms with Crippen molar-refractivity contribution in [1.82, 2.24) is 5.32 Å². The second-order valence-electron chi connectivity index (χ2n) is 5.11. The molecule has 0 saturated heterocycles. The molecule has 0 radical (unpaired) electrons. The lowest BCUT2D eigenvalue weighted by Gasteiger charge is -2.22. The highest BCUT2D eigenvalue weighted by Crippen LogP contribution is 2.22. The molecular weight excluding hydrogens is 340 g/mol. The molecule has 0 unspecified atom stereocenters. The van der Waals surface area contributed by atoms with Crippen molar-refractivity contribution < 1.29 is 17.9 Å². The van der Waals surface area contributed by atoms with Crippen molar-refractivity contribution >= 4 is 33.2 Å². The van der Waals surface area contributed by atoms with Crippen LogP contribution in [0.3, 0.4) is 0 Å². The molecule has 0 heterocycles. The summed E-state index contributed by atoms with van der Waals surface area (Å²) in [5, 5.41) is 3.24. The van der Waals surface area contributed by atoms with E-state index in [0.717, 1.165) is 12.7 Å². The molecule has 0 aliphatic heterocycles. The summed E-state index contributed by atoms with van der Waals surface area (Å²) in [5.41, 5.74) is 0.500. The first kappa shape index (κ1) is 19.7. The first-order chi connectivity index (χ1) is 10.8. The number of halogens is 1. The average molecular weight is 363 g/mol. The Kier molecular flexibility index (Phi) is 8.36. The maximum atomic E-state index is 11.9. The molecule has 1 N–H and O–H groups in total. The number of anilines is 1. The Labute approximate surface area is 142 Å². The van der Waals surface area contributed by atoms with Crippen LogP contribution in [0.2, 0.25) is 5.02 Å². The summed E-state index contributed by atoms with van der Waals surface area (Å²) >= 11 is 5.91. The summed E-state index contributed by atoms with van der Waals surface area (Å²) in [6.45, 7) is 1.37. The van der Waals surface area contributed by atoms with Gasteiger partial charge in [0, 0.05) is 38.2 Å². The lowest BCUT2D eigenvalue weighted by atomic mass is 10.2. The Morgan fingerprint density at radius 1 is 1.35 bits per heavy atom. The number of hydrogen-bond acceptors (Lipinski definition) is 4. The van der Waals surface area contributed by atoms with Gasteiger partial charge in [0.15, 0.2) is 0 Å². The molecule has 0 spiro atoms. The van der Waals surface area contributed by atoms with Crippen molar-refractivity contribution in [1.29, 1.82) is 0 Å². The highest BCUT2D eigenvalue weighted by atomic mass is 35.5. The van der Waals surface area contributed by atoms with Gasteiger partial charge in [-0.05, 0) is 31.0 Å². The highest BCUT2D eigenvalue weighted by Gasteiger charge is 2.17. The maximum Gasteiger partial charge on any atom is 0.232 e. The summed E-state index contributed by atoms with van der Waals surface area (Å²) in [6.07, 6.45) is 2.58. The zero-order valence-corrected chi connectivity index (χ0v) is 15.0. The van der Waals surface area contributed by atoms with Gasteiger partial charge in [0.05, 0.1) is 11.9 Å². The number of carbonyl (C=O) groups excluding carboxylic acids is 1. The summed E-state index contributed by atoms with van der Waals surface area (Å²) in [4.78, 5) is 11.7. The summed E-state index contributed by atoms with van der Waals surface area (Å²) < 4.78 is 30.0. The van der Waals surface area contributed by atoms with Crippen LogP contribution < -0.4 is 9.62 Å². The van der Waals surface area contributed by atoms with Crippen LogP contribution in [0.15, 0.2) is 24.3 Å². The molecule has 0 aliphatic carbocycles. The normalized spacial score (nSPS) is 11.3. The van der Waals surface area contributed by atoms with E-state index in [1.807, 2.05) is 0 Å². The molecule has 0 atom stereocenters. The molecule has 1 rings (SSSR count). The number of nitrogens with one attached hydrogen (secondary N) is 1. The monoisotopic (exact) mass is 362 g/mol. The first-order valence-electron chi connectivity index (χ1n) is 7.33. The molecule has 23 heavy (non-hydrogen) atoms. The molecule has 130 valence electrons. The standard InChI is InChI=1S/C15H23ClN2O4S/c1-22-11-5-9-17-15(19)8-4-10-18(23(2,20)21)14-7-3-6-13(16)12-14/h3,6-7,12H,4-5,8-11H2,1-2H3,(H,17,19). The second-order valence-corrected chi connectivity index (χ2v) is 7.46. The Bertz CT molecular complexity index is 607. The lowest BCUT2D eigenvalue weighted by molar-refractivity contribution is -0.121. The van der Waals surface area contributed by atoms with Crippen LogP contribution in [-0.2, 0) is 19.6 Å². The number of sulfonamides is 1. The van der Waals surface area contributed by atoms with Gasteiger partial charge in [-0.2, -0.15) is 0 Å². The van der Waals surface area contributed by atoms with Crippen LogP contribution >= 0.6 is 11.6 Å². The number of hydrogen-bond donors (Lipinski definition) is 1. The lowest BCUT2D eigenvalue weighted by Crippen LogP contribution is -2.32. The number of amides is 1. The van der Waals surface area contributed by atoms with Crippen LogP contribution in [0.5, 0.6) is 0 Å². The molecule has 1 aromatic carbocycles. The van der Waals surface area contributed by atoms with Crippen LogP contribution in [0.25, 0.3) is 0 Å². The SMILES string of the molecule is COCCCNC(=O)CCCN(c1cccc(Cl)c1)S(C)(=O)=O. The molecule has 1 aromatic rings. The van der Waals surface area contributed by atoms with Crippen molar-refractivity contribution in [2.45, 2.75) is 19.3 Å². The number of ether oxygens (including phenoxy) is 1.